The van der Waals surface area contributed by atoms with Crippen molar-refractivity contribution in [3.8, 4) is 16.9 Å². The summed E-state index contributed by atoms with van der Waals surface area (Å²) in [5, 5.41) is 9.32. The van der Waals surface area contributed by atoms with Crippen LogP contribution in [0.15, 0.2) is 60.7 Å². The molecule has 0 unspecified atom stereocenters. The van der Waals surface area contributed by atoms with E-state index in [-0.39, 0.29) is 23.3 Å². The quantitative estimate of drug-likeness (QED) is 0.650. The standard InChI is InChI=1S/C20H13F3O3/c21-17-8-13(9-18(22)19(17)23)16-10-14(6-7-15(16)20(24)25)26-11-12-4-2-1-3-5-12/h1-10H,11H2,(H,24,25). The fourth-order valence-electron chi connectivity index (χ4n) is 2.49. The van der Waals surface area contributed by atoms with Gasteiger partial charge in [0.25, 0.3) is 0 Å². The SMILES string of the molecule is O=C(O)c1ccc(OCc2ccccc2)cc1-c1cc(F)c(F)c(F)c1. The molecule has 0 bridgehead atoms. The summed E-state index contributed by atoms with van der Waals surface area (Å²) < 4.78 is 45.9. The first-order chi connectivity index (χ1) is 12.5. The zero-order chi connectivity index (χ0) is 18.7. The second-order valence-electron chi connectivity index (χ2n) is 5.54. The lowest BCUT2D eigenvalue weighted by Gasteiger charge is -2.12. The molecule has 0 aromatic heterocycles. The van der Waals surface area contributed by atoms with Crippen molar-refractivity contribution < 1.29 is 27.8 Å². The number of carbonyl (C=O) groups is 1. The van der Waals surface area contributed by atoms with Gasteiger partial charge in [0.2, 0.25) is 0 Å². The summed E-state index contributed by atoms with van der Waals surface area (Å²) in [4.78, 5) is 11.4. The van der Waals surface area contributed by atoms with Gasteiger partial charge in [0.15, 0.2) is 17.5 Å². The van der Waals surface area contributed by atoms with Gasteiger partial charge in [-0.05, 0) is 41.5 Å². The van der Waals surface area contributed by atoms with Crippen LogP contribution >= 0.6 is 0 Å². The van der Waals surface area contributed by atoms with Crippen molar-refractivity contribution in [2.45, 2.75) is 6.61 Å². The van der Waals surface area contributed by atoms with Crippen molar-refractivity contribution >= 4 is 5.97 Å². The molecule has 0 aliphatic heterocycles. The molecule has 1 N–H and O–H groups in total. The Kier molecular flexibility index (Phi) is 4.93. The second-order valence-corrected chi connectivity index (χ2v) is 5.54. The Morgan fingerprint density at radius 2 is 1.58 bits per heavy atom. The molecule has 0 heterocycles. The number of carboxylic acid groups (broad SMARTS) is 1. The fourth-order valence-corrected chi connectivity index (χ4v) is 2.49. The number of aromatic carboxylic acids is 1. The van der Waals surface area contributed by atoms with Crippen molar-refractivity contribution in [3.05, 3.63) is 89.2 Å². The van der Waals surface area contributed by atoms with Gasteiger partial charge < -0.3 is 9.84 Å². The van der Waals surface area contributed by atoms with Gasteiger partial charge in [0, 0.05) is 5.56 Å². The number of benzene rings is 3. The van der Waals surface area contributed by atoms with E-state index < -0.39 is 23.4 Å². The van der Waals surface area contributed by atoms with Gasteiger partial charge in [-0.3, -0.25) is 0 Å². The monoisotopic (exact) mass is 358 g/mol. The summed E-state index contributed by atoms with van der Waals surface area (Å²) >= 11 is 0. The van der Waals surface area contributed by atoms with Crippen LogP contribution in [0.25, 0.3) is 11.1 Å². The smallest absolute Gasteiger partial charge is 0.336 e. The van der Waals surface area contributed by atoms with Crippen LogP contribution in [0.1, 0.15) is 15.9 Å². The molecule has 0 atom stereocenters. The number of ether oxygens (including phenoxy) is 1. The lowest BCUT2D eigenvalue weighted by molar-refractivity contribution is 0.0697. The largest absolute Gasteiger partial charge is 0.489 e. The van der Waals surface area contributed by atoms with Gasteiger partial charge in [-0.25, -0.2) is 18.0 Å². The van der Waals surface area contributed by atoms with Gasteiger partial charge in [-0.15, -0.1) is 0 Å². The second kappa shape index (κ2) is 7.31. The average molecular weight is 358 g/mol. The molecule has 3 rings (SSSR count). The molecule has 0 saturated carbocycles. The maximum Gasteiger partial charge on any atom is 0.336 e. The van der Waals surface area contributed by atoms with E-state index in [0.29, 0.717) is 5.75 Å². The molecule has 26 heavy (non-hydrogen) atoms. The Morgan fingerprint density at radius 1 is 0.923 bits per heavy atom. The predicted octanol–water partition coefficient (Wildman–Crippen LogP) is 5.05. The van der Waals surface area contributed by atoms with Gasteiger partial charge in [-0.2, -0.15) is 0 Å². The van der Waals surface area contributed by atoms with Crippen LogP contribution in [0.4, 0.5) is 13.2 Å². The lowest BCUT2D eigenvalue weighted by atomic mass is 9.99. The van der Waals surface area contributed by atoms with E-state index in [4.69, 9.17) is 4.74 Å². The van der Waals surface area contributed by atoms with E-state index in [0.717, 1.165) is 17.7 Å². The van der Waals surface area contributed by atoms with E-state index >= 15 is 0 Å². The first kappa shape index (κ1) is 17.5. The highest BCUT2D eigenvalue weighted by Crippen LogP contribution is 2.30. The van der Waals surface area contributed by atoms with Gasteiger partial charge in [0.05, 0.1) is 5.56 Å². The van der Waals surface area contributed by atoms with E-state index in [9.17, 15) is 23.1 Å². The summed E-state index contributed by atoms with van der Waals surface area (Å²) in [6.07, 6.45) is 0. The van der Waals surface area contributed by atoms with Crippen LogP contribution < -0.4 is 4.74 Å². The normalized spacial score (nSPS) is 10.6. The van der Waals surface area contributed by atoms with Crippen LogP contribution in [-0.4, -0.2) is 11.1 Å². The zero-order valence-corrected chi connectivity index (χ0v) is 13.4. The average Bonchev–Trinajstić information content (AvgIpc) is 2.64. The van der Waals surface area contributed by atoms with Crippen molar-refractivity contribution in [1.82, 2.24) is 0 Å². The molecule has 0 radical (unpaired) electrons. The first-order valence-electron chi connectivity index (χ1n) is 7.64. The third kappa shape index (κ3) is 3.69. The number of hydrogen-bond donors (Lipinski definition) is 1. The molecule has 0 saturated heterocycles. The van der Waals surface area contributed by atoms with Gasteiger partial charge in [0.1, 0.15) is 12.4 Å². The summed E-state index contributed by atoms with van der Waals surface area (Å²) in [5.74, 6) is -5.36. The molecule has 6 heteroatoms. The zero-order valence-electron chi connectivity index (χ0n) is 13.4. The van der Waals surface area contributed by atoms with Crippen LogP contribution in [0.3, 0.4) is 0 Å². The molecule has 0 aliphatic rings. The summed E-state index contributed by atoms with van der Waals surface area (Å²) in [7, 11) is 0. The maximum absolute atomic E-state index is 13.5. The highest BCUT2D eigenvalue weighted by Gasteiger charge is 2.17. The van der Waals surface area contributed by atoms with Crippen molar-refractivity contribution in [3.63, 3.8) is 0 Å². The Hall–Kier alpha value is -3.28. The molecular weight excluding hydrogens is 345 g/mol. The number of rotatable bonds is 5. The minimum atomic E-state index is -1.61. The molecule has 0 fully saturated rings. The summed E-state index contributed by atoms with van der Waals surface area (Å²) in [5.41, 5.74) is 0.655. The number of halogens is 3. The van der Waals surface area contributed by atoms with E-state index in [1.54, 1.807) is 0 Å². The Labute approximate surface area is 147 Å². The Bertz CT molecular complexity index is 933. The lowest BCUT2D eigenvalue weighted by Crippen LogP contribution is -2.02. The van der Waals surface area contributed by atoms with Crippen LogP contribution in [0.5, 0.6) is 5.75 Å². The highest BCUT2D eigenvalue weighted by atomic mass is 19.2. The van der Waals surface area contributed by atoms with Gasteiger partial charge >= 0.3 is 5.97 Å². The topological polar surface area (TPSA) is 46.5 Å². The third-order valence-corrected chi connectivity index (χ3v) is 3.76. The molecule has 0 amide bonds. The highest BCUT2D eigenvalue weighted by molar-refractivity contribution is 5.96. The van der Waals surface area contributed by atoms with E-state index in [2.05, 4.69) is 0 Å². The summed E-state index contributed by atoms with van der Waals surface area (Å²) in [6, 6.07) is 14.9. The van der Waals surface area contributed by atoms with Crippen molar-refractivity contribution in [1.29, 1.82) is 0 Å². The van der Waals surface area contributed by atoms with E-state index in [1.165, 1.54) is 18.2 Å². The fraction of sp³-hybridized carbons (Fsp3) is 0.0500. The molecule has 3 nitrogen and oxygen atoms in total. The van der Waals surface area contributed by atoms with Crippen LogP contribution in [0, 0.1) is 17.5 Å². The van der Waals surface area contributed by atoms with Crippen LogP contribution in [-0.2, 0) is 6.61 Å². The molecule has 3 aromatic carbocycles. The number of carboxylic acids is 1. The molecular formula is C20H13F3O3. The van der Waals surface area contributed by atoms with Crippen molar-refractivity contribution in [2.24, 2.45) is 0 Å². The maximum atomic E-state index is 13.5. The Morgan fingerprint density at radius 3 is 2.19 bits per heavy atom. The minimum Gasteiger partial charge on any atom is -0.489 e. The van der Waals surface area contributed by atoms with Crippen molar-refractivity contribution in [2.75, 3.05) is 0 Å². The Balaban J connectivity index is 1.98. The van der Waals surface area contributed by atoms with Crippen LogP contribution in [0.2, 0.25) is 0 Å². The third-order valence-electron chi connectivity index (χ3n) is 3.76. The van der Waals surface area contributed by atoms with E-state index in [1.807, 2.05) is 30.3 Å². The minimum absolute atomic E-state index is 0.0286. The molecule has 3 aromatic rings. The molecule has 0 aliphatic carbocycles. The molecule has 132 valence electrons. The number of hydrogen-bond acceptors (Lipinski definition) is 2. The summed E-state index contributed by atoms with van der Waals surface area (Å²) in [6.45, 7) is 0.235. The van der Waals surface area contributed by atoms with Gasteiger partial charge in [-0.1, -0.05) is 30.3 Å². The first-order valence-corrected chi connectivity index (χ1v) is 7.64. The molecule has 0 spiro atoms. The predicted molar refractivity (Wildman–Crippen MR) is 89.5 cm³/mol.